The van der Waals surface area contributed by atoms with Crippen molar-refractivity contribution in [1.82, 2.24) is 4.98 Å². The van der Waals surface area contributed by atoms with Crippen LogP contribution in [-0.4, -0.2) is 11.2 Å². The minimum absolute atomic E-state index is 0.604. The molecule has 0 bridgehead atoms. The highest BCUT2D eigenvalue weighted by Crippen LogP contribution is 2.30. The highest BCUT2D eigenvalue weighted by atomic mass is 35.5. The quantitative estimate of drug-likeness (QED) is 0.388. The number of pyridine rings is 1. The van der Waals surface area contributed by atoms with E-state index in [0.717, 1.165) is 22.2 Å². The van der Waals surface area contributed by atoms with Gasteiger partial charge in [-0.1, -0.05) is 23.7 Å². The molecule has 0 aliphatic heterocycles. The van der Waals surface area contributed by atoms with Crippen LogP contribution < -0.4 is 0 Å². The molecule has 0 saturated heterocycles. The average Bonchev–Trinajstić information content (AvgIpc) is 2.55. The zero-order valence-electron chi connectivity index (χ0n) is 13.4. The molecule has 2 aromatic carbocycles. The number of halogens is 1. The van der Waals surface area contributed by atoms with Crippen molar-refractivity contribution in [2.45, 2.75) is 29.4 Å². The van der Waals surface area contributed by atoms with Gasteiger partial charge in [0, 0.05) is 26.5 Å². The molecule has 118 valence electrons. The second-order valence-corrected chi connectivity index (χ2v) is 7.82. The topological polar surface area (TPSA) is 12.9 Å². The summed E-state index contributed by atoms with van der Waals surface area (Å²) in [7, 11) is 0. The van der Waals surface area contributed by atoms with Gasteiger partial charge in [-0.15, -0.1) is 23.5 Å². The van der Waals surface area contributed by atoms with Crippen LogP contribution in [0.2, 0.25) is 5.15 Å². The Hall–Kier alpha value is -1.16. The smallest absolute Gasteiger partial charge is 0.133 e. The van der Waals surface area contributed by atoms with E-state index >= 15 is 0 Å². The number of hydrogen-bond donors (Lipinski definition) is 0. The molecule has 0 saturated carbocycles. The fourth-order valence-electron chi connectivity index (χ4n) is 2.36. The van der Waals surface area contributed by atoms with E-state index in [4.69, 9.17) is 11.6 Å². The van der Waals surface area contributed by atoms with Crippen LogP contribution in [0.1, 0.15) is 16.7 Å². The van der Waals surface area contributed by atoms with E-state index in [9.17, 15) is 0 Å². The minimum Gasteiger partial charge on any atom is -0.236 e. The van der Waals surface area contributed by atoms with Gasteiger partial charge in [-0.05, 0) is 61.6 Å². The Morgan fingerprint density at radius 1 is 0.957 bits per heavy atom. The normalized spacial score (nSPS) is 11.1. The Kier molecular flexibility index (Phi) is 5.20. The largest absolute Gasteiger partial charge is 0.236 e. The van der Waals surface area contributed by atoms with Gasteiger partial charge in [0.1, 0.15) is 5.15 Å². The van der Waals surface area contributed by atoms with Gasteiger partial charge < -0.3 is 0 Å². The van der Waals surface area contributed by atoms with Crippen molar-refractivity contribution in [3.05, 3.63) is 64.3 Å². The molecule has 0 spiro atoms. The number of fused-ring (bicyclic) bond motifs is 1. The first-order valence-corrected chi connectivity index (χ1v) is 9.99. The molecule has 23 heavy (non-hydrogen) atoms. The number of aromatic nitrogens is 1. The standard InChI is InChI=1S/C19H18ClNS2/c1-12-4-6-17(8-13(12)2)23-11-15-9-14-5-7-16(22-3)10-18(14)21-19(15)20/h4-10H,11H2,1-3H3. The lowest BCUT2D eigenvalue weighted by molar-refractivity contribution is 1.26. The Bertz CT molecular complexity index is 861. The van der Waals surface area contributed by atoms with Gasteiger partial charge in [0.05, 0.1) is 5.52 Å². The maximum atomic E-state index is 6.39. The van der Waals surface area contributed by atoms with Crippen molar-refractivity contribution in [3.8, 4) is 0 Å². The Morgan fingerprint density at radius 3 is 2.48 bits per heavy atom. The van der Waals surface area contributed by atoms with Gasteiger partial charge in [-0.3, -0.25) is 0 Å². The number of rotatable bonds is 4. The Labute approximate surface area is 150 Å². The number of benzene rings is 2. The van der Waals surface area contributed by atoms with E-state index in [2.05, 4.69) is 67.6 Å². The summed E-state index contributed by atoms with van der Waals surface area (Å²) in [6.45, 7) is 4.28. The number of nitrogens with zero attached hydrogens (tertiary/aromatic N) is 1. The molecule has 0 unspecified atom stereocenters. The van der Waals surface area contributed by atoms with E-state index in [1.807, 2.05) is 0 Å². The summed E-state index contributed by atoms with van der Waals surface area (Å²) in [4.78, 5) is 7.04. The summed E-state index contributed by atoms with van der Waals surface area (Å²) < 4.78 is 0. The molecule has 0 aliphatic carbocycles. The van der Waals surface area contributed by atoms with Crippen LogP contribution in [0.25, 0.3) is 10.9 Å². The maximum absolute atomic E-state index is 6.39. The summed E-state index contributed by atoms with van der Waals surface area (Å²) >= 11 is 9.90. The molecular formula is C19H18ClNS2. The molecular weight excluding hydrogens is 342 g/mol. The molecule has 0 amide bonds. The van der Waals surface area contributed by atoms with Crippen molar-refractivity contribution >= 4 is 46.0 Å². The predicted molar refractivity (Wildman–Crippen MR) is 104 cm³/mol. The summed E-state index contributed by atoms with van der Waals surface area (Å²) in [6.07, 6.45) is 2.07. The van der Waals surface area contributed by atoms with Gasteiger partial charge in [0.25, 0.3) is 0 Å². The van der Waals surface area contributed by atoms with Gasteiger partial charge in [-0.25, -0.2) is 4.98 Å². The SMILES string of the molecule is CSc1ccc2cc(CSc3ccc(C)c(C)c3)c(Cl)nc2c1. The molecule has 0 radical (unpaired) electrons. The molecule has 3 rings (SSSR count). The first-order chi connectivity index (χ1) is 11.1. The monoisotopic (exact) mass is 359 g/mol. The van der Waals surface area contributed by atoms with Gasteiger partial charge >= 0.3 is 0 Å². The van der Waals surface area contributed by atoms with Crippen LogP contribution in [0.4, 0.5) is 0 Å². The number of aryl methyl sites for hydroxylation is 2. The highest BCUT2D eigenvalue weighted by molar-refractivity contribution is 7.98. The van der Waals surface area contributed by atoms with E-state index in [1.54, 1.807) is 23.5 Å². The third kappa shape index (κ3) is 3.85. The molecule has 0 N–H and O–H groups in total. The van der Waals surface area contributed by atoms with E-state index in [0.29, 0.717) is 5.15 Å². The zero-order valence-corrected chi connectivity index (χ0v) is 15.8. The maximum Gasteiger partial charge on any atom is 0.133 e. The molecule has 1 aromatic heterocycles. The molecule has 0 fully saturated rings. The van der Waals surface area contributed by atoms with Crippen LogP contribution in [0.15, 0.2) is 52.3 Å². The lowest BCUT2D eigenvalue weighted by Gasteiger charge is -2.08. The van der Waals surface area contributed by atoms with Crippen molar-refractivity contribution in [2.75, 3.05) is 6.26 Å². The van der Waals surface area contributed by atoms with Crippen LogP contribution >= 0.6 is 35.1 Å². The molecule has 1 nitrogen and oxygen atoms in total. The van der Waals surface area contributed by atoms with Crippen molar-refractivity contribution in [2.24, 2.45) is 0 Å². The summed E-state index contributed by atoms with van der Waals surface area (Å²) in [6, 6.07) is 15.1. The van der Waals surface area contributed by atoms with E-state index < -0.39 is 0 Å². The summed E-state index contributed by atoms with van der Waals surface area (Å²) in [5.74, 6) is 0.828. The minimum atomic E-state index is 0.604. The molecule has 3 aromatic rings. The fourth-order valence-corrected chi connectivity index (χ4v) is 4.05. The zero-order chi connectivity index (χ0) is 16.4. The Morgan fingerprint density at radius 2 is 1.74 bits per heavy atom. The first-order valence-electron chi connectivity index (χ1n) is 7.40. The third-order valence-electron chi connectivity index (χ3n) is 3.92. The van der Waals surface area contributed by atoms with Crippen molar-refractivity contribution < 1.29 is 0 Å². The van der Waals surface area contributed by atoms with E-state index in [-0.39, 0.29) is 0 Å². The molecule has 0 aliphatic rings. The van der Waals surface area contributed by atoms with Crippen LogP contribution in [-0.2, 0) is 5.75 Å². The molecule has 0 atom stereocenters. The lowest BCUT2D eigenvalue weighted by Crippen LogP contribution is -1.90. The summed E-state index contributed by atoms with van der Waals surface area (Å²) in [5, 5.41) is 1.75. The van der Waals surface area contributed by atoms with Crippen molar-refractivity contribution in [1.29, 1.82) is 0 Å². The summed E-state index contributed by atoms with van der Waals surface area (Å²) in [5.41, 5.74) is 4.69. The molecule has 4 heteroatoms. The number of hydrogen-bond acceptors (Lipinski definition) is 3. The fraction of sp³-hybridized carbons (Fsp3) is 0.211. The van der Waals surface area contributed by atoms with Gasteiger partial charge in [0.15, 0.2) is 0 Å². The second kappa shape index (κ2) is 7.16. The second-order valence-electron chi connectivity index (χ2n) is 5.53. The first kappa shape index (κ1) is 16.7. The highest BCUT2D eigenvalue weighted by Gasteiger charge is 2.07. The van der Waals surface area contributed by atoms with Crippen LogP contribution in [0.5, 0.6) is 0 Å². The van der Waals surface area contributed by atoms with Crippen molar-refractivity contribution in [3.63, 3.8) is 0 Å². The van der Waals surface area contributed by atoms with Crippen LogP contribution in [0, 0.1) is 13.8 Å². The molecule has 1 heterocycles. The van der Waals surface area contributed by atoms with Gasteiger partial charge in [-0.2, -0.15) is 0 Å². The Balaban J connectivity index is 1.84. The lowest BCUT2D eigenvalue weighted by atomic mass is 10.1. The third-order valence-corrected chi connectivity index (χ3v) is 6.02. The van der Waals surface area contributed by atoms with Gasteiger partial charge in [0.2, 0.25) is 0 Å². The predicted octanol–water partition coefficient (Wildman–Crippen LogP) is 6.52. The average molecular weight is 360 g/mol. The number of thioether (sulfide) groups is 2. The van der Waals surface area contributed by atoms with E-state index in [1.165, 1.54) is 20.9 Å². The van der Waals surface area contributed by atoms with Crippen LogP contribution in [0.3, 0.4) is 0 Å².